The maximum absolute atomic E-state index is 13.0. The number of anilines is 2. The molecule has 1 unspecified atom stereocenters. The average molecular weight is 353 g/mol. The molecule has 0 radical (unpaired) electrons. The van der Waals surface area contributed by atoms with Crippen molar-refractivity contribution in [3.05, 3.63) is 52.8 Å². The van der Waals surface area contributed by atoms with Crippen molar-refractivity contribution in [1.82, 2.24) is 0 Å². The molecule has 110 valence electrons. The quantitative estimate of drug-likeness (QED) is 0.826. The molecule has 6 heteroatoms. The first kappa shape index (κ1) is 15.3. The van der Waals surface area contributed by atoms with Crippen LogP contribution in [0.1, 0.15) is 6.92 Å². The van der Waals surface area contributed by atoms with E-state index in [1.54, 1.807) is 19.1 Å². The number of halogens is 2. The SMILES string of the molecule is CC(Oc1ccc(Br)cc1)C(=O)Nc1ccc(F)c(N)c1. The fraction of sp³-hybridized carbons (Fsp3) is 0.133. The topological polar surface area (TPSA) is 64.3 Å². The molecular formula is C15H14BrFN2O2. The predicted molar refractivity (Wildman–Crippen MR) is 83.7 cm³/mol. The molecule has 0 spiro atoms. The molecule has 2 aromatic rings. The molecule has 0 aromatic heterocycles. The van der Waals surface area contributed by atoms with Gasteiger partial charge in [-0.3, -0.25) is 4.79 Å². The van der Waals surface area contributed by atoms with Crippen molar-refractivity contribution >= 4 is 33.2 Å². The minimum absolute atomic E-state index is 0.0192. The number of nitrogens with two attached hydrogens (primary N) is 1. The Morgan fingerprint density at radius 1 is 1.29 bits per heavy atom. The zero-order valence-electron chi connectivity index (χ0n) is 11.3. The molecule has 2 aromatic carbocycles. The van der Waals surface area contributed by atoms with Crippen LogP contribution >= 0.6 is 15.9 Å². The van der Waals surface area contributed by atoms with Gasteiger partial charge in [0.2, 0.25) is 0 Å². The van der Waals surface area contributed by atoms with Crippen molar-refractivity contribution in [3.8, 4) is 5.75 Å². The molecule has 0 heterocycles. The summed E-state index contributed by atoms with van der Waals surface area (Å²) in [6.07, 6.45) is -0.697. The highest BCUT2D eigenvalue weighted by Gasteiger charge is 2.15. The Morgan fingerprint density at radius 3 is 2.57 bits per heavy atom. The number of rotatable bonds is 4. The molecule has 0 aliphatic rings. The Morgan fingerprint density at radius 2 is 1.95 bits per heavy atom. The number of ether oxygens (including phenoxy) is 1. The minimum Gasteiger partial charge on any atom is -0.481 e. The summed E-state index contributed by atoms with van der Waals surface area (Å²) in [6.45, 7) is 1.63. The first-order valence-electron chi connectivity index (χ1n) is 6.24. The lowest BCUT2D eigenvalue weighted by molar-refractivity contribution is -0.122. The van der Waals surface area contributed by atoms with Crippen LogP contribution in [0.15, 0.2) is 46.9 Å². The molecule has 0 bridgehead atoms. The van der Waals surface area contributed by atoms with Crippen molar-refractivity contribution in [3.63, 3.8) is 0 Å². The molecule has 2 rings (SSSR count). The van der Waals surface area contributed by atoms with Gasteiger partial charge in [-0.15, -0.1) is 0 Å². The number of carbonyl (C=O) groups excluding carboxylic acids is 1. The van der Waals surface area contributed by atoms with Crippen molar-refractivity contribution in [2.75, 3.05) is 11.1 Å². The fourth-order valence-corrected chi connectivity index (χ4v) is 1.90. The summed E-state index contributed by atoms with van der Waals surface area (Å²) < 4.78 is 19.5. The van der Waals surface area contributed by atoms with Gasteiger partial charge >= 0.3 is 0 Å². The van der Waals surface area contributed by atoms with Crippen molar-refractivity contribution in [2.24, 2.45) is 0 Å². The molecule has 0 saturated heterocycles. The average Bonchev–Trinajstić information content (AvgIpc) is 2.45. The Bertz CT molecular complexity index is 647. The fourth-order valence-electron chi connectivity index (χ4n) is 1.64. The van der Waals surface area contributed by atoms with Crippen LogP contribution in [0.5, 0.6) is 5.75 Å². The monoisotopic (exact) mass is 352 g/mol. The summed E-state index contributed by atoms with van der Waals surface area (Å²) >= 11 is 3.32. The maximum atomic E-state index is 13.0. The molecule has 1 amide bonds. The molecule has 0 aliphatic heterocycles. The van der Waals surface area contributed by atoms with Gasteiger partial charge in [0.1, 0.15) is 11.6 Å². The van der Waals surface area contributed by atoms with Crippen LogP contribution in [-0.2, 0) is 4.79 Å². The number of nitrogens with one attached hydrogen (secondary N) is 1. The van der Waals surface area contributed by atoms with Gasteiger partial charge < -0.3 is 15.8 Å². The van der Waals surface area contributed by atoms with Crippen LogP contribution < -0.4 is 15.8 Å². The number of hydrogen-bond acceptors (Lipinski definition) is 3. The van der Waals surface area contributed by atoms with Crippen LogP contribution in [0.2, 0.25) is 0 Å². The first-order chi connectivity index (χ1) is 9.95. The molecule has 0 aliphatic carbocycles. The highest BCUT2D eigenvalue weighted by atomic mass is 79.9. The van der Waals surface area contributed by atoms with E-state index >= 15 is 0 Å². The van der Waals surface area contributed by atoms with E-state index < -0.39 is 11.9 Å². The van der Waals surface area contributed by atoms with Gasteiger partial charge in [0.15, 0.2) is 6.10 Å². The van der Waals surface area contributed by atoms with Crippen LogP contribution in [0, 0.1) is 5.82 Å². The molecular weight excluding hydrogens is 339 g/mol. The molecule has 1 atom stereocenters. The molecule has 3 N–H and O–H groups in total. The summed E-state index contributed by atoms with van der Waals surface area (Å²) in [5.74, 6) is -0.282. The number of hydrogen-bond donors (Lipinski definition) is 2. The standard InChI is InChI=1S/C15H14BrFN2O2/c1-9(21-12-5-2-10(16)3-6-12)15(20)19-11-4-7-13(17)14(18)8-11/h2-9H,18H2,1H3,(H,19,20). The van der Waals surface area contributed by atoms with Gasteiger partial charge in [-0.25, -0.2) is 4.39 Å². The smallest absolute Gasteiger partial charge is 0.265 e. The second-order valence-corrected chi connectivity index (χ2v) is 5.36. The predicted octanol–water partition coefficient (Wildman–Crippen LogP) is 3.58. The van der Waals surface area contributed by atoms with Gasteiger partial charge in [0.05, 0.1) is 5.69 Å². The third-order valence-corrected chi connectivity index (χ3v) is 3.29. The normalized spacial score (nSPS) is 11.8. The van der Waals surface area contributed by atoms with Crippen LogP contribution in [0.25, 0.3) is 0 Å². The number of amides is 1. The third kappa shape index (κ3) is 4.19. The van der Waals surface area contributed by atoms with E-state index in [9.17, 15) is 9.18 Å². The van der Waals surface area contributed by atoms with E-state index in [0.717, 1.165) is 4.47 Å². The van der Waals surface area contributed by atoms with Gasteiger partial charge in [-0.2, -0.15) is 0 Å². The van der Waals surface area contributed by atoms with E-state index in [4.69, 9.17) is 10.5 Å². The highest BCUT2D eigenvalue weighted by Crippen LogP contribution is 2.19. The van der Waals surface area contributed by atoms with Crippen molar-refractivity contribution < 1.29 is 13.9 Å². The molecule has 4 nitrogen and oxygen atoms in total. The maximum Gasteiger partial charge on any atom is 0.265 e. The van der Waals surface area contributed by atoms with Crippen molar-refractivity contribution in [1.29, 1.82) is 0 Å². The van der Waals surface area contributed by atoms with E-state index in [2.05, 4.69) is 21.2 Å². The summed E-state index contributed by atoms with van der Waals surface area (Å²) in [5.41, 5.74) is 5.85. The Kier molecular flexibility index (Phi) is 4.80. The van der Waals surface area contributed by atoms with E-state index in [1.165, 1.54) is 18.2 Å². The van der Waals surface area contributed by atoms with Crippen LogP contribution in [0.4, 0.5) is 15.8 Å². The Hall–Kier alpha value is -2.08. The van der Waals surface area contributed by atoms with E-state index in [0.29, 0.717) is 11.4 Å². The third-order valence-electron chi connectivity index (χ3n) is 2.76. The summed E-state index contributed by atoms with van der Waals surface area (Å²) in [5, 5.41) is 2.62. The first-order valence-corrected chi connectivity index (χ1v) is 7.03. The van der Waals surface area contributed by atoms with Crippen LogP contribution in [-0.4, -0.2) is 12.0 Å². The lowest BCUT2D eigenvalue weighted by Crippen LogP contribution is -2.30. The van der Waals surface area contributed by atoms with Crippen molar-refractivity contribution in [2.45, 2.75) is 13.0 Å². The van der Waals surface area contributed by atoms with E-state index in [-0.39, 0.29) is 11.6 Å². The lowest BCUT2D eigenvalue weighted by Gasteiger charge is -2.15. The Balaban J connectivity index is 1.98. The second kappa shape index (κ2) is 6.58. The summed E-state index contributed by atoms with van der Waals surface area (Å²) in [6, 6.07) is 11.1. The zero-order valence-corrected chi connectivity index (χ0v) is 12.9. The largest absolute Gasteiger partial charge is 0.481 e. The minimum atomic E-state index is -0.697. The summed E-state index contributed by atoms with van der Waals surface area (Å²) in [4.78, 5) is 12.0. The lowest BCUT2D eigenvalue weighted by atomic mass is 10.2. The molecule has 0 saturated carbocycles. The van der Waals surface area contributed by atoms with Gasteiger partial charge in [0.25, 0.3) is 5.91 Å². The van der Waals surface area contributed by atoms with Gasteiger partial charge in [-0.05, 0) is 49.4 Å². The van der Waals surface area contributed by atoms with Crippen LogP contribution in [0.3, 0.4) is 0 Å². The second-order valence-electron chi connectivity index (χ2n) is 4.44. The number of carbonyl (C=O) groups is 1. The van der Waals surface area contributed by atoms with E-state index in [1.807, 2.05) is 12.1 Å². The van der Waals surface area contributed by atoms with Gasteiger partial charge in [-0.1, -0.05) is 15.9 Å². The number of benzene rings is 2. The molecule has 0 fully saturated rings. The highest BCUT2D eigenvalue weighted by molar-refractivity contribution is 9.10. The van der Waals surface area contributed by atoms with Gasteiger partial charge in [0, 0.05) is 10.2 Å². The molecule has 21 heavy (non-hydrogen) atoms. The zero-order chi connectivity index (χ0) is 15.4. The summed E-state index contributed by atoms with van der Waals surface area (Å²) in [7, 11) is 0. The number of nitrogen functional groups attached to an aromatic ring is 1. The Labute approximate surface area is 130 Å².